The molecule has 2 aliphatic heterocycles. The van der Waals surface area contributed by atoms with Crippen LogP contribution in [-0.2, 0) is 23.7 Å². The Balaban J connectivity index is 1.72. The first kappa shape index (κ1) is 36.5. The molecule has 3 aliphatic rings. The number of carbonyl (C=O) groups is 2. The summed E-state index contributed by atoms with van der Waals surface area (Å²) >= 11 is 0. The summed E-state index contributed by atoms with van der Waals surface area (Å²) in [5, 5.41) is 47.1. The Hall–Kier alpha value is -2.36. The van der Waals surface area contributed by atoms with Gasteiger partial charge in [0.2, 0.25) is 5.91 Å². The van der Waals surface area contributed by atoms with E-state index < -0.39 is 97.8 Å². The molecule has 1 saturated carbocycles. The van der Waals surface area contributed by atoms with Gasteiger partial charge in [0.25, 0.3) is 5.91 Å². The van der Waals surface area contributed by atoms with E-state index in [2.05, 4.69) is 10.6 Å². The number of nitrogens with two attached hydrogens (primary N) is 5. The van der Waals surface area contributed by atoms with Crippen LogP contribution >= 0.6 is 0 Å². The van der Waals surface area contributed by atoms with E-state index >= 15 is 0 Å². The van der Waals surface area contributed by atoms with Gasteiger partial charge in [0, 0.05) is 18.2 Å². The molecule has 1 aromatic carbocycles. The molecule has 2 saturated heterocycles. The molecule has 260 valence electrons. The van der Waals surface area contributed by atoms with Crippen LogP contribution in [0.2, 0.25) is 0 Å². The van der Waals surface area contributed by atoms with Crippen LogP contribution in [0.4, 0.5) is 0 Å². The molecule has 17 heteroatoms. The zero-order chi connectivity index (χ0) is 33.5. The summed E-state index contributed by atoms with van der Waals surface area (Å²) in [6, 6.07) is 3.51. The average molecular weight is 656 g/mol. The second-order valence-electron chi connectivity index (χ2n) is 12.1. The predicted octanol–water partition coefficient (Wildman–Crippen LogP) is -4.96. The number of ether oxygens (including phenoxy) is 4. The second kappa shape index (κ2) is 16.6. The molecule has 17 nitrogen and oxygen atoms in total. The van der Waals surface area contributed by atoms with E-state index in [1.165, 1.54) is 0 Å². The first-order chi connectivity index (χ1) is 22.0. The molecular formula is C29H49N7O10. The molecule has 4 rings (SSSR count). The standard InChI is InChI=1S/C29H49N7O10/c30-9-8-18(38)27(42)35-17-10-16(33)24(45-28-15(32)7-6-14(11-31)43-28)21(36-26(41)13-4-2-1-3-5-13)25(17)46-29-23(40)20(34)22(39)19(12-37)44-29/h1-5,14-25,28-29,37-40H,6-12,30-34H2,(H,35,42)(H,36,41)/t14?,15?,16-,17+,18-,19?,20-,21?,22-,23?,24?,25+,28-,29-/m0/s1. The van der Waals surface area contributed by atoms with E-state index in [0.717, 1.165) is 0 Å². The maximum atomic E-state index is 13.6. The third-order valence-electron chi connectivity index (χ3n) is 8.74. The lowest BCUT2D eigenvalue weighted by Crippen LogP contribution is -2.72. The molecular weight excluding hydrogens is 606 g/mol. The number of hydrogen-bond donors (Lipinski definition) is 11. The maximum Gasteiger partial charge on any atom is 0.251 e. The Bertz CT molecular complexity index is 1120. The van der Waals surface area contributed by atoms with E-state index in [1.54, 1.807) is 30.3 Å². The Morgan fingerprint density at radius 1 is 0.935 bits per heavy atom. The molecule has 3 fully saturated rings. The minimum absolute atomic E-state index is 0.0112. The van der Waals surface area contributed by atoms with Crippen molar-refractivity contribution in [2.24, 2.45) is 28.7 Å². The lowest BCUT2D eigenvalue weighted by Gasteiger charge is -2.50. The maximum absolute atomic E-state index is 13.6. The SMILES string of the molecule is NCC[C@H](O)C(=O)N[C@@H]1C[C@H](N)C(O[C@@H]2OC(CN)CCC2N)C(NC(=O)c2ccccc2)[C@@H]1O[C@@H]1OC(CO)[C@H](O)[C@H](N)C1O. The number of carbonyl (C=O) groups excluding carboxylic acids is 2. The van der Waals surface area contributed by atoms with Gasteiger partial charge in [-0.25, -0.2) is 0 Å². The summed E-state index contributed by atoms with van der Waals surface area (Å²) in [7, 11) is 0. The van der Waals surface area contributed by atoms with Gasteiger partial charge in [-0.05, 0) is 44.4 Å². The normalized spacial score (nSPS) is 38.9. The van der Waals surface area contributed by atoms with E-state index in [1.807, 2.05) is 0 Å². The van der Waals surface area contributed by atoms with Gasteiger partial charge in [0.05, 0.1) is 43.0 Å². The molecule has 1 aliphatic carbocycles. The molecule has 0 spiro atoms. The molecule has 2 heterocycles. The first-order valence-corrected chi connectivity index (χ1v) is 15.6. The van der Waals surface area contributed by atoms with Crippen molar-refractivity contribution in [3.63, 3.8) is 0 Å². The van der Waals surface area contributed by atoms with Crippen molar-refractivity contribution in [3.05, 3.63) is 35.9 Å². The Morgan fingerprint density at radius 3 is 2.28 bits per heavy atom. The summed E-state index contributed by atoms with van der Waals surface area (Å²) in [5.74, 6) is -1.30. The topological polar surface area (TPSA) is 306 Å². The summed E-state index contributed by atoms with van der Waals surface area (Å²) in [5.41, 5.74) is 30.7. The number of benzene rings is 1. The van der Waals surface area contributed by atoms with Gasteiger partial charge in [0.1, 0.15) is 30.5 Å². The Morgan fingerprint density at radius 2 is 1.63 bits per heavy atom. The summed E-state index contributed by atoms with van der Waals surface area (Å²) in [6.45, 7) is -0.361. The van der Waals surface area contributed by atoms with Crippen molar-refractivity contribution in [1.29, 1.82) is 0 Å². The third-order valence-corrected chi connectivity index (χ3v) is 8.74. The van der Waals surface area contributed by atoms with Crippen molar-refractivity contribution in [1.82, 2.24) is 10.6 Å². The van der Waals surface area contributed by atoms with Crippen LogP contribution in [0.5, 0.6) is 0 Å². The van der Waals surface area contributed by atoms with Gasteiger partial charge in [-0.15, -0.1) is 0 Å². The quantitative estimate of drug-likeness (QED) is 0.100. The highest BCUT2D eigenvalue weighted by atomic mass is 16.7. The van der Waals surface area contributed by atoms with E-state index in [9.17, 15) is 30.0 Å². The van der Waals surface area contributed by atoms with Crippen LogP contribution in [0.3, 0.4) is 0 Å². The molecule has 2 amide bonds. The summed E-state index contributed by atoms with van der Waals surface area (Å²) in [4.78, 5) is 26.6. The minimum Gasteiger partial charge on any atom is -0.394 e. The fourth-order valence-electron chi connectivity index (χ4n) is 6.04. The predicted molar refractivity (Wildman–Crippen MR) is 162 cm³/mol. The van der Waals surface area contributed by atoms with Crippen LogP contribution in [-0.4, -0.2) is 137 Å². The van der Waals surface area contributed by atoms with E-state index in [-0.39, 0.29) is 32.0 Å². The van der Waals surface area contributed by atoms with Crippen molar-refractivity contribution in [2.75, 3.05) is 19.7 Å². The van der Waals surface area contributed by atoms with Crippen LogP contribution in [0.1, 0.15) is 36.0 Å². The molecule has 0 bridgehead atoms. The summed E-state index contributed by atoms with van der Waals surface area (Å²) < 4.78 is 24.4. The highest BCUT2D eigenvalue weighted by Gasteiger charge is 2.52. The molecule has 16 N–H and O–H groups in total. The molecule has 46 heavy (non-hydrogen) atoms. The largest absolute Gasteiger partial charge is 0.394 e. The van der Waals surface area contributed by atoms with E-state index in [4.69, 9.17) is 47.6 Å². The fourth-order valence-corrected chi connectivity index (χ4v) is 6.04. The van der Waals surface area contributed by atoms with Gasteiger partial charge in [-0.3, -0.25) is 9.59 Å². The number of amides is 2. The fraction of sp³-hybridized carbons (Fsp3) is 0.724. The number of nitrogens with one attached hydrogen (secondary N) is 2. The first-order valence-electron chi connectivity index (χ1n) is 15.6. The molecule has 0 aromatic heterocycles. The van der Waals surface area contributed by atoms with Crippen LogP contribution < -0.4 is 39.3 Å². The van der Waals surface area contributed by atoms with Crippen molar-refractivity contribution >= 4 is 11.8 Å². The highest BCUT2D eigenvalue weighted by molar-refractivity contribution is 5.94. The van der Waals surface area contributed by atoms with Crippen LogP contribution in [0.15, 0.2) is 30.3 Å². The average Bonchev–Trinajstić information content (AvgIpc) is 3.05. The van der Waals surface area contributed by atoms with Gasteiger partial charge in [0.15, 0.2) is 12.6 Å². The molecule has 14 atom stereocenters. The zero-order valence-corrected chi connectivity index (χ0v) is 25.5. The monoisotopic (exact) mass is 655 g/mol. The Labute approximate surface area is 267 Å². The smallest absolute Gasteiger partial charge is 0.251 e. The van der Waals surface area contributed by atoms with Crippen molar-refractivity contribution in [3.8, 4) is 0 Å². The van der Waals surface area contributed by atoms with Crippen LogP contribution in [0.25, 0.3) is 0 Å². The highest BCUT2D eigenvalue weighted by Crippen LogP contribution is 2.32. The lowest BCUT2D eigenvalue weighted by molar-refractivity contribution is -0.302. The zero-order valence-electron chi connectivity index (χ0n) is 25.5. The number of hydrogen-bond acceptors (Lipinski definition) is 15. The molecule has 0 radical (unpaired) electrons. The minimum atomic E-state index is -1.59. The number of rotatable bonds is 12. The Kier molecular flexibility index (Phi) is 13.2. The number of aliphatic hydroxyl groups excluding tert-OH is 4. The van der Waals surface area contributed by atoms with Gasteiger partial charge >= 0.3 is 0 Å². The van der Waals surface area contributed by atoms with Gasteiger partial charge in [-0.2, -0.15) is 0 Å². The summed E-state index contributed by atoms with van der Waals surface area (Å²) in [6.07, 6.45) is -9.56. The van der Waals surface area contributed by atoms with Gasteiger partial charge < -0.3 is 78.7 Å². The van der Waals surface area contributed by atoms with Gasteiger partial charge in [-0.1, -0.05) is 18.2 Å². The van der Waals surface area contributed by atoms with Crippen LogP contribution in [0, 0.1) is 0 Å². The van der Waals surface area contributed by atoms with E-state index in [0.29, 0.717) is 18.4 Å². The second-order valence-corrected chi connectivity index (χ2v) is 12.1. The lowest BCUT2D eigenvalue weighted by atomic mass is 9.81. The van der Waals surface area contributed by atoms with Crippen molar-refractivity contribution < 1.29 is 49.0 Å². The van der Waals surface area contributed by atoms with Crippen molar-refractivity contribution in [2.45, 2.75) is 111 Å². The molecule has 6 unspecified atom stereocenters. The number of aliphatic hydroxyl groups is 4. The molecule has 1 aromatic rings. The third kappa shape index (κ3) is 8.56.